The SMILES string of the molecule is O=C(O)c1cc(NC(=O)C2C(c3cc(Cl)cc(Cl)c3)C2(Cl)Cl)cc(F)c1Cl. The van der Waals surface area contributed by atoms with Crippen molar-refractivity contribution in [2.75, 3.05) is 5.32 Å². The van der Waals surface area contributed by atoms with Crippen molar-refractivity contribution < 1.29 is 19.1 Å². The summed E-state index contributed by atoms with van der Waals surface area (Å²) in [5, 5.41) is 11.6. The molecule has 2 aromatic rings. The van der Waals surface area contributed by atoms with Gasteiger partial charge in [0.25, 0.3) is 0 Å². The maximum Gasteiger partial charge on any atom is 0.337 e. The fourth-order valence-corrected chi connectivity index (χ4v) is 4.42. The summed E-state index contributed by atoms with van der Waals surface area (Å²) in [5.41, 5.74) is 0.00770. The number of amides is 1. The van der Waals surface area contributed by atoms with E-state index in [2.05, 4.69) is 5.32 Å². The molecule has 0 radical (unpaired) electrons. The molecule has 2 N–H and O–H groups in total. The summed E-state index contributed by atoms with van der Waals surface area (Å²) in [6, 6.07) is 6.66. The minimum absolute atomic E-state index is 0.0850. The molecular weight excluding hydrogens is 462 g/mol. The Kier molecular flexibility index (Phi) is 5.54. The topological polar surface area (TPSA) is 66.4 Å². The van der Waals surface area contributed by atoms with E-state index < -0.39 is 44.4 Å². The third-order valence-corrected chi connectivity index (χ3v) is 5.87. The van der Waals surface area contributed by atoms with Crippen LogP contribution in [0.1, 0.15) is 21.8 Å². The van der Waals surface area contributed by atoms with E-state index in [0.717, 1.165) is 12.1 Å². The van der Waals surface area contributed by atoms with Gasteiger partial charge in [0.05, 0.1) is 16.5 Å². The highest BCUT2D eigenvalue weighted by molar-refractivity contribution is 6.53. The second-order valence-corrected chi connectivity index (χ2v) is 8.64. The molecule has 142 valence electrons. The summed E-state index contributed by atoms with van der Waals surface area (Å²) in [6.07, 6.45) is 0. The van der Waals surface area contributed by atoms with E-state index in [-0.39, 0.29) is 5.69 Å². The van der Waals surface area contributed by atoms with Crippen LogP contribution in [0.2, 0.25) is 15.1 Å². The Bertz CT molecular complexity index is 946. The molecule has 1 saturated carbocycles. The van der Waals surface area contributed by atoms with Gasteiger partial charge >= 0.3 is 5.97 Å². The molecule has 0 aliphatic heterocycles. The Labute approximate surface area is 178 Å². The zero-order valence-electron chi connectivity index (χ0n) is 13.1. The van der Waals surface area contributed by atoms with Gasteiger partial charge in [0.15, 0.2) is 0 Å². The van der Waals surface area contributed by atoms with Crippen molar-refractivity contribution in [3.63, 3.8) is 0 Å². The van der Waals surface area contributed by atoms with Crippen LogP contribution in [0.5, 0.6) is 0 Å². The number of anilines is 1. The summed E-state index contributed by atoms with van der Waals surface area (Å²) < 4.78 is 12.4. The van der Waals surface area contributed by atoms with Crippen molar-refractivity contribution in [1.29, 1.82) is 0 Å². The van der Waals surface area contributed by atoms with Crippen molar-refractivity contribution in [3.8, 4) is 0 Å². The molecule has 1 aliphatic rings. The normalized spacial score (nSPS) is 20.2. The number of hydrogen-bond acceptors (Lipinski definition) is 2. The molecule has 0 spiro atoms. The first kappa shape index (κ1) is 20.5. The second kappa shape index (κ2) is 7.30. The molecule has 3 rings (SSSR count). The largest absolute Gasteiger partial charge is 0.478 e. The lowest BCUT2D eigenvalue weighted by atomic mass is 10.1. The van der Waals surface area contributed by atoms with Crippen molar-refractivity contribution in [2.24, 2.45) is 5.92 Å². The summed E-state index contributed by atoms with van der Waals surface area (Å²) in [6.45, 7) is 0. The van der Waals surface area contributed by atoms with Crippen molar-refractivity contribution >= 4 is 75.6 Å². The molecule has 27 heavy (non-hydrogen) atoms. The van der Waals surface area contributed by atoms with Crippen molar-refractivity contribution in [2.45, 2.75) is 10.3 Å². The Morgan fingerprint density at radius 3 is 2.19 bits per heavy atom. The number of benzene rings is 2. The molecule has 2 atom stereocenters. The van der Waals surface area contributed by atoms with E-state index in [1.165, 1.54) is 6.07 Å². The fourth-order valence-electron chi connectivity index (χ4n) is 2.86. The zero-order valence-corrected chi connectivity index (χ0v) is 16.9. The predicted molar refractivity (Wildman–Crippen MR) is 104 cm³/mol. The molecule has 0 aromatic heterocycles. The first-order chi connectivity index (χ1) is 12.5. The third kappa shape index (κ3) is 3.98. The van der Waals surface area contributed by atoms with Gasteiger partial charge in [-0.05, 0) is 35.9 Å². The van der Waals surface area contributed by atoms with Crippen LogP contribution < -0.4 is 5.32 Å². The lowest BCUT2D eigenvalue weighted by Crippen LogP contribution is -2.17. The first-order valence-electron chi connectivity index (χ1n) is 7.39. The Morgan fingerprint density at radius 2 is 1.63 bits per heavy atom. The molecule has 1 aliphatic carbocycles. The lowest BCUT2D eigenvalue weighted by Gasteiger charge is -2.08. The minimum atomic E-state index is -1.43. The van der Waals surface area contributed by atoms with Crippen LogP contribution in [0.4, 0.5) is 10.1 Å². The van der Waals surface area contributed by atoms with Crippen LogP contribution in [-0.4, -0.2) is 21.3 Å². The average molecular weight is 472 g/mol. The summed E-state index contributed by atoms with van der Waals surface area (Å²) in [5.74, 6) is -4.49. The van der Waals surface area contributed by atoms with Crippen LogP contribution in [0, 0.1) is 11.7 Å². The highest BCUT2D eigenvalue weighted by Crippen LogP contribution is 2.65. The number of rotatable bonds is 4. The predicted octanol–water partition coefficient (Wildman–Crippen LogP) is 6.01. The molecule has 0 bridgehead atoms. The Balaban J connectivity index is 1.86. The van der Waals surface area contributed by atoms with Gasteiger partial charge in [-0.1, -0.05) is 34.8 Å². The van der Waals surface area contributed by atoms with Crippen molar-refractivity contribution in [1.82, 2.24) is 0 Å². The van der Waals surface area contributed by atoms with Gasteiger partial charge in [0.2, 0.25) is 5.91 Å². The van der Waals surface area contributed by atoms with E-state index in [4.69, 9.17) is 63.1 Å². The fraction of sp³-hybridized carbons (Fsp3) is 0.176. The number of alkyl halides is 2. The molecule has 2 unspecified atom stereocenters. The molecule has 10 heteroatoms. The van der Waals surface area contributed by atoms with Gasteiger partial charge in [-0.3, -0.25) is 4.79 Å². The third-order valence-electron chi connectivity index (χ3n) is 4.11. The molecule has 1 fully saturated rings. The maximum atomic E-state index is 13.8. The van der Waals surface area contributed by atoms with Crippen LogP contribution in [-0.2, 0) is 4.79 Å². The minimum Gasteiger partial charge on any atom is -0.478 e. The monoisotopic (exact) mass is 469 g/mol. The maximum absolute atomic E-state index is 13.8. The average Bonchev–Trinajstić information content (AvgIpc) is 3.12. The first-order valence-corrected chi connectivity index (χ1v) is 9.28. The van der Waals surface area contributed by atoms with Crippen LogP contribution >= 0.6 is 58.0 Å². The van der Waals surface area contributed by atoms with E-state index >= 15 is 0 Å². The summed E-state index contributed by atoms with van der Waals surface area (Å²) in [4.78, 5) is 23.7. The molecular formula is C17H9Cl5FNO3. The number of hydrogen-bond donors (Lipinski definition) is 2. The van der Waals surface area contributed by atoms with Gasteiger partial charge in [0.1, 0.15) is 10.2 Å². The number of aromatic carboxylic acids is 1. The van der Waals surface area contributed by atoms with Crippen LogP contribution in [0.15, 0.2) is 30.3 Å². The summed E-state index contributed by atoms with van der Waals surface area (Å²) in [7, 11) is 0. The zero-order chi connectivity index (χ0) is 20.1. The second-order valence-electron chi connectivity index (χ2n) is 5.95. The molecule has 2 aromatic carbocycles. The highest BCUT2D eigenvalue weighted by atomic mass is 35.5. The van der Waals surface area contributed by atoms with Crippen LogP contribution in [0.3, 0.4) is 0 Å². The Morgan fingerprint density at radius 1 is 1.04 bits per heavy atom. The summed E-state index contributed by atoms with van der Waals surface area (Å²) >= 11 is 30.0. The van der Waals surface area contributed by atoms with E-state index in [9.17, 15) is 14.0 Å². The van der Waals surface area contributed by atoms with Gasteiger partial charge in [0, 0.05) is 21.7 Å². The van der Waals surface area contributed by atoms with E-state index in [1.54, 1.807) is 12.1 Å². The number of nitrogens with one attached hydrogen (secondary N) is 1. The number of carboxylic acid groups (broad SMARTS) is 1. The lowest BCUT2D eigenvalue weighted by molar-refractivity contribution is -0.117. The smallest absolute Gasteiger partial charge is 0.337 e. The number of carboxylic acids is 1. The highest BCUT2D eigenvalue weighted by Gasteiger charge is 2.67. The standard InChI is InChI=1S/C17H9Cl5FNO3/c18-7-1-6(2-8(19)3-7)12-13(17(12,21)22)15(25)24-9-4-10(16(26)27)14(20)11(23)5-9/h1-5,12-13H,(H,24,25)(H,26,27). The quantitative estimate of drug-likeness (QED) is 0.537. The number of carbonyl (C=O) groups excluding carboxylic acids is 1. The number of carbonyl (C=O) groups is 2. The van der Waals surface area contributed by atoms with Gasteiger partial charge in [-0.2, -0.15) is 0 Å². The van der Waals surface area contributed by atoms with Gasteiger partial charge < -0.3 is 10.4 Å². The van der Waals surface area contributed by atoms with Gasteiger partial charge in [-0.25, -0.2) is 9.18 Å². The van der Waals surface area contributed by atoms with Crippen molar-refractivity contribution in [3.05, 3.63) is 62.3 Å². The Hall–Kier alpha value is -1.24. The number of halogens is 6. The van der Waals surface area contributed by atoms with E-state index in [1.807, 2.05) is 0 Å². The molecule has 0 heterocycles. The van der Waals surface area contributed by atoms with Crippen LogP contribution in [0.25, 0.3) is 0 Å². The van der Waals surface area contributed by atoms with Gasteiger partial charge in [-0.15, -0.1) is 23.2 Å². The molecule has 4 nitrogen and oxygen atoms in total. The molecule has 1 amide bonds. The van der Waals surface area contributed by atoms with E-state index in [0.29, 0.717) is 15.6 Å². The molecule has 0 saturated heterocycles.